The second-order valence-corrected chi connectivity index (χ2v) is 7.24. The Labute approximate surface area is 129 Å². The minimum atomic E-state index is -0.711. The average molecular weight is 296 g/mol. The first kappa shape index (κ1) is 16.8. The van der Waals surface area contributed by atoms with E-state index in [1.54, 1.807) is 0 Å². The second kappa shape index (κ2) is 7.10. The molecule has 0 aromatic carbocycles. The van der Waals surface area contributed by atoms with Crippen LogP contribution in [0.25, 0.3) is 0 Å². The van der Waals surface area contributed by atoms with Gasteiger partial charge >= 0.3 is 5.97 Å². The van der Waals surface area contributed by atoms with Crippen LogP contribution in [0.2, 0.25) is 0 Å². The third kappa shape index (κ3) is 4.43. The zero-order valence-electron chi connectivity index (χ0n) is 13.9. The van der Waals surface area contributed by atoms with Crippen molar-refractivity contribution in [2.24, 2.45) is 5.92 Å². The lowest BCUT2D eigenvalue weighted by Gasteiger charge is -2.38. The van der Waals surface area contributed by atoms with E-state index in [9.17, 15) is 9.90 Å². The fourth-order valence-corrected chi connectivity index (χ4v) is 3.17. The van der Waals surface area contributed by atoms with E-state index in [0.29, 0.717) is 24.5 Å². The first-order chi connectivity index (χ1) is 9.99. The van der Waals surface area contributed by atoms with Gasteiger partial charge in [0, 0.05) is 18.6 Å². The molecule has 4 heteroatoms. The van der Waals surface area contributed by atoms with E-state index in [1.807, 2.05) is 0 Å². The summed E-state index contributed by atoms with van der Waals surface area (Å²) in [6.45, 7) is 8.25. The number of carbonyl (C=O) groups is 1. The molecule has 2 N–H and O–H groups in total. The summed E-state index contributed by atoms with van der Waals surface area (Å²) in [6, 6.07) is 0.840. The number of hydrogen-bond acceptors (Lipinski definition) is 3. The Morgan fingerprint density at radius 2 is 1.95 bits per heavy atom. The third-order valence-corrected chi connectivity index (χ3v) is 4.93. The zero-order chi connectivity index (χ0) is 15.5. The van der Waals surface area contributed by atoms with Crippen LogP contribution in [0.15, 0.2) is 0 Å². The van der Waals surface area contributed by atoms with E-state index >= 15 is 0 Å². The zero-order valence-corrected chi connectivity index (χ0v) is 13.9. The highest BCUT2D eigenvalue weighted by Gasteiger charge is 2.54. The molecule has 2 rings (SSSR count). The van der Waals surface area contributed by atoms with Crippen molar-refractivity contribution in [3.8, 4) is 0 Å². The van der Waals surface area contributed by atoms with Crippen LogP contribution in [-0.4, -0.2) is 46.7 Å². The lowest BCUT2D eigenvalue weighted by atomic mass is 9.91. The van der Waals surface area contributed by atoms with Crippen molar-refractivity contribution >= 4 is 5.97 Å². The molecule has 2 saturated carbocycles. The summed E-state index contributed by atoms with van der Waals surface area (Å²) >= 11 is 0. The highest BCUT2D eigenvalue weighted by Crippen LogP contribution is 2.42. The number of nitrogens with zero attached hydrogens (tertiary/aromatic N) is 1. The third-order valence-electron chi connectivity index (χ3n) is 4.93. The summed E-state index contributed by atoms with van der Waals surface area (Å²) in [5.41, 5.74) is -0.711. The van der Waals surface area contributed by atoms with Gasteiger partial charge in [-0.1, -0.05) is 19.8 Å². The van der Waals surface area contributed by atoms with Crippen LogP contribution in [0.1, 0.15) is 65.7 Å². The van der Waals surface area contributed by atoms with Gasteiger partial charge in [0.1, 0.15) is 5.54 Å². The molecule has 122 valence electrons. The van der Waals surface area contributed by atoms with E-state index in [-0.39, 0.29) is 0 Å². The maximum atomic E-state index is 12.1. The molecular formula is C17H32N2O2. The van der Waals surface area contributed by atoms with E-state index in [4.69, 9.17) is 0 Å². The predicted molar refractivity (Wildman–Crippen MR) is 85.5 cm³/mol. The van der Waals surface area contributed by atoms with Crippen LogP contribution in [0, 0.1) is 5.92 Å². The van der Waals surface area contributed by atoms with Gasteiger partial charge < -0.3 is 5.11 Å². The molecular weight excluding hydrogens is 264 g/mol. The van der Waals surface area contributed by atoms with Crippen LogP contribution in [0.4, 0.5) is 0 Å². The minimum Gasteiger partial charge on any atom is -0.480 e. The number of carboxylic acid groups (broad SMARTS) is 1. The van der Waals surface area contributed by atoms with Gasteiger partial charge in [-0.05, 0) is 58.4 Å². The van der Waals surface area contributed by atoms with Crippen molar-refractivity contribution in [2.45, 2.75) is 83.3 Å². The molecule has 2 aliphatic carbocycles. The topological polar surface area (TPSA) is 52.6 Å². The van der Waals surface area contributed by atoms with Crippen molar-refractivity contribution in [3.05, 3.63) is 0 Å². The Balaban J connectivity index is 2.05. The Morgan fingerprint density at radius 1 is 1.29 bits per heavy atom. The largest absolute Gasteiger partial charge is 0.480 e. The molecule has 2 fully saturated rings. The summed E-state index contributed by atoms with van der Waals surface area (Å²) in [5, 5.41) is 13.4. The highest BCUT2D eigenvalue weighted by molar-refractivity contribution is 5.80. The van der Waals surface area contributed by atoms with Crippen molar-refractivity contribution < 1.29 is 9.90 Å². The first-order valence-electron chi connectivity index (χ1n) is 8.74. The molecule has 0 aromatic rings. The van der Waals surface area contributed by atoms with E-state index in [0.717, 1.165) is 32.2 Å². The molecule has 0 heterocycles. The monoisotopic (exact) mass is 296 g/mol. The molecule has 0 radical (unpaired) electrons. The van der Waals surface area contributed by atoms with Gasteiger partial charge in [-0.15, -0.1) is 0 Å². The number of hydrogen-bond donors (Lipinski definition) is 2. The van der Waals surface area contributed by atoms with Gasteiger partial charge in [-0.25, -0.2) is 0 Å². The van der Waals surface area contributed by atoms with Crippen LogP contribution in [0.5, 0.6) is 0 Å². The molecule has 1 unspecified atom stereocenters. The van der Waals surface area contributed by atoms with Gasteiger partial charge in [0.2, 0.25) is 0 Å². The van der Waals surface area contributed by atoms with E-state index in [2.05, 4.69) is 31.0 Å². The maximum absolute atomic E-state index is 12.1. The van der Waals surface area contributed by atoms with Crippen LogP contribution < -0.4 is 5.32 Å². The Kier molecular flexibility index (Phi) is 5.67. The van der Waals surface area contributed by atoms with Gasteiger partial charge in [0.05, 0.1) is 0 Å². The normalized spacial score (nSPS) is 21.8. The molecule has 21 heavy (non-hydrogen) atoms. The van der Waals surface area contributed by atoms with Gasteiger partial charge in [-0.3, -0.25) is 15.0 Å². The van der Waals surface area contributed by atoms with Gasteiger partial charge in [0.15, 0.2) is 0 Å². The number of carboxylic acids is 1. The second-order valence-electron chi connectivity index (χ2n) is 7.24. The summed E-state index contributed by atoms with van der Waals surface area (Å²) in [5.74, 6) is -0.318. The first-order valence-corrected chi connectivity index (χ1v) is 8.74. The van der Waals surface area contributed by atoms with Crippen molar-refractivity contribution in [2.75, 3.05) is 13.1 Å². The Morgan fingerprint density at radius 3 is 2.38 bits per heavy atom. The Bertz CT molecular complexity index is 351. The average Bonchev–Trinajstić information content (AvgIpc) is 3.27. The lowest BCUT2D eigenvalue weighted by Crippen LogP contribution is -2.62. The molecule has 0 aliphatic heterocycles. The highest BCUT2D eigenvalue weighted by atomic mass is 16.4. The minimum absolute atomic E-state index is 0.322. The standard InChI is InChI=1S/C17H32N2O2/c1-4-5-6-11-19(13(2)3)12-17(16(20)21,14-7-8-14)18-15-9-10-15/h13-15,18H,4-12H2,1-3H3,(H,20,21). The number of unbranched alkanes of at least 4 members (excludes halogenated alkanes) is 2. The van der Waals surface area contributed by atoms with Gasteiger partial charge in [0.25, 0.3) is 0 Å². The van der Waals surface area contributed by atoms with E-state index in [1.165, 1.54) is 19.3 Å². The molecule has 0 aromatic heterocycles. The van der Waals surface area contributed by atoms with Crippen molar-refractivity contribution in [1.82, 2.24) is 10.2 Å². The molecule has 0 amide bonds. The number of rotatable bonds is 11. The van der Waals surface area contributed by atoms with Crippen LogP contribution >= 0.6 is 0 Å². The summed E-state index contributed by atoms with van der Waals surface area (Å²) in [7, 11) is 0. The predicted octanol–water partition coefficient (Wildman–Crippen LogP) is 2.87. The summed E-state index contributed by atoms with van der Waals surface area (Å²) in [6.07, 6.45) is 8.00. The molecule has 1 atom stereocenters. The molecule has 2 aliphatic rings. The quantitative estimate of drug-likeness (QED) is 0.576. The summed E-state index contributed by atoms with van der Waals surface area (Å²) in [4.78, 5) is 14.4. The fraction of sp³-hybridized carbons (Fsp3) is 0.941. The molecule has 0 saturated heterocycles. The lowest BCUT2D eigenvalue weighted by molar-refractivity contribution is -0.147. The number of nitrogens with one attached hydrogen (secondary N) is 1. The number of aliphatic carboxylic acids is 1. The van der Waals surface area contributed by atoms with Crippen LogP contribution in [0.3, 0.4) is 0 Å². The summed E-state index contributed by atoms with van der Waals surface area (Å²) < 4.78 is 0. The maximum Gasteiger partial charge on any atom is 0.325 e. The molecule has 4 nitrogen and oxygen atoms in total. The van der Waals surface area contributed by atoms with Crippen molar-refractivity contribution in [3.63, 3.8) is 0 Å². The SMILES string of the molecule is CCCCCN(CC(NC1CC1)(C(=O)O)C1CC1)C(C)C. The van der Waals surface area contributed by atoms with E-state index < -0.39 is 11.5 Å². The van der Waals surface area contributed by atoms with Gasteiger partial charge in [-0.2, -0.15) is 0 Å². The molecule has 0 spiro atoms. The van der Waals surface area contributed by atoms with Crippen molar-refractivity contribution in [1.29, 1.82) is 0 Å². The molecule has 0 bridgehead atoms. The fourth-order valence-electron chi connectivity index (χ4n) is 3.17. The Hall–Kier alpha value is -0.610. The smallest absolute Gasteiger partial charge is 0.325 e. The van der Waals surface area contributed by atoms with Crippen LogP contribution in [-0.2, 0) is 4.79 Å².